The van der Waals surface area contributed by atoms with E-state index in [0.717, 1.165) is 31.5 Å². The van der Waals surface area contributed by atoms with Crippen LogP contribution in [0.5, 0.6) is 0 Å². The first-order chi connectivity index (χ1) is 12.1. The van der Waals surface area contributed by atoms with Gasteiger partial charge >= 0.3 is 0 Å². The molecule has 130 valence electrons. The number of nitro benzene ring substituents is 1. The monoisotopic (exact) mass is 339 g/mol. The lowest BCUT2D eigenvalue weighted by Crippen LogP contribution is -2.54. The maximum atomic E-state index is 11.3. The van der Waals surface area contributed by atoms with Gasteiger partial charge < -0.3 is 5.11 Å². The van der Waals surface area contributed by atoms with Crippen LogP contribution in [0.3, 0.4) is 0 Å². The highest BCUT2D eigenvalue weighted by Gasteiger charge is 2.42. The summed E-state index contributed by atoms with van der Waals surface area (Å²) < 4.78 is 0. The van der Waals surface area contributed by atoms with Crippen LogP contribution in [0.25, 0.3) is 10.9 Å². The fourth-order valence-electron chi connectivity index (χ4n) is 4.50. The summed E-state index contributed by atoms with van der Waals surface area (Å²) in [5.74, 6) is 1.05. The topological polar surface area (TPSA) is 79.5 Å². The fourth-order valence-corrected chi connectivity index (χ4v) is 4.50. The van der Waals surface area contributed by atoms with Crippen molar-refractivity contribution in [1.82, 2.24) is 9.88 Å². The van der Waals surface area contributed by atoms with Gasteiger partial charge in [0, 0.05) is 30.2 Å². The standard InChI is InChI=1S/C19H21N3O3/c1-2-12-11-21-9-7-13(12)10-17(21)19(23)15-6-8-20-18-14(15)4-3-5-16(18)22(24)25/h2-6,8,12-13,17,19,23H,1,7,9-11H2. The molecule has 0 spiro atoms. The van der Waals surface area contributed by atoms with E-state index < -0.39 is 11.0 Å². The number of pyridine rings is 1. The minimum Gasteiger partial charge on any atom is -0.387 e. The van der Waals surface area contributed by atoms with Crippen molar-refractivity contribution in [3.8, 4) is 0 Å². The Morgan fingerprint density at radius 2 is 2.28 bits per heavy atom. The van der Waals surface area contributed by atoms with Crippen molar-refractivity contribution >= 4 is 16.6 Å². The first-order valence-corrected chi connectivity index (χ1v) is 8.67. The average molecular weight is 339 g/mol. The second-order valence-corrected chi connectivity index (χ2v) is 7.02. The zero-order valence-electron chi connectivity index (χ0n) is 13.9. The molecular weight excluding hydrogens is 318 g/mol. The van der Waals surface area contributed by atoms with Crippen LogP contribution in [0.4, 0.5) is 5.69 Å². The van der Waals surface area contributed by atoms with Crippen molar-refractivity contribution in [2.24, 2.45) is 11.8 Å². The van der Waals surface area contributed by atoms with E-state index in [9.17, 15) is 15.2 Å². The first-order valence-electron chi connectivity index (χ1n) is 8.67. The highest BCUT2D eigenvalue weighted by atomic mass is 16.6. The van der Waals surface area contributed by atoms with Gasteiger partial charge in [0.25, 0.3) is 5.69 Å². The third kappa shape index (κ3) is 2.62. The Balaban J connectivity index is 1.72. The van der Waals surface area contributed by atoms with Gasteiger partial charge in [0.1, 0.15) is 5.52 Å². The third-order valence-corrected chi connectivity index (χ3v) is 5.82. The summed E-state index contributed by atoms with van der Waals surface area (Å²) in [4.78, 5) is 17.4. The van der Waals surface area contributed by atoms with Crippen molar-refractivity contribution in [1.29, 1.82) is 0 Å². The number of rotatable bonds is 4. The summed E-state index contributed by atoms with van der Waals surface area (Å²) in [6.07, 6.45) is 4.97. The Bertz CT molecular complexity index is 838. The number of hydrogen-bond donors (Lipinski definition) is 1. The molecule has 1 aromatic carbocycles. The van der Waals surface area contributed by atoms with Crippen molar-refractivity contribution in [3.63, 3.8) is 0 Å². The summed E-state index contributed by atoms with van der Waals surface area (Å²) >= 11 is 0. The highest BCUT2D eigenvalue weighted by Crippen LogP contribution is 2.42. The van der Waals surface area contributed by atoms with Gasteiger partial charge in [0.15, 0.2) is 0 Å². The Hall–Kier alpha value is -2.31. The lowest BCUT2D eigenvalue weighted by molar-refractivity contribution is -0.383. The van der Waals surface area contributed by atoms with Crippen LogP contribution in [0.15, 0.2) is 43.1 Å². The molecule has 6 heteroatoms. The maximum Gasteiger partial charge on any atom is 0.295 e. The van der Waals surface area contributed by atoms with Crippen LogP contribution >= 0.6 is 0 Å². The molecule has 5 rings (SSSR count). The lowest BCUT2D eigenvalue weighted by atomic mass is 9.73. The molecule has 3 aliphatic heterocycles. The number of fused-ring (bicyclic) bond motifs is 4. The van der Waals surface area contributed by atoms with E-state index in [4.69, 9.17) is 0 Å². The molecule has 0 amide bonds. The van der Waals surface area contributed by atoms with E-state index in [1.54, 1.807) is 24.4 Å². The van der Waals surface area contributed by atoms with E-state index in [0.29, 0.717) is 22.7 Å². The number of benzene rings is 1. The van der Waals surface area contributed by atoms with Crippen LogP contribution in [0.1, 0.15) is 24.5 Å². The van der Waals surface area contributed by atoms with Crippen molar-refractivity contribution < 1.29 is 10.0 Å². The van der Waals surface area contributed by atoms with Crippen LogP contribution in [-0.4, -0.2) is 39.0 Å². The normalized spacial score (nSPS) is 29.5. The van der Waals surface area contributed by atoms with Gasteiger partial charge in [-0.2, -0.15) is 0 Å². The van der Waals surface area contributed by atoms with Gasteiger partial charge in [0.05, 0.1) is 11.0 Å². The Morgan fingerprint density at radius 1 is 1.44 bits per heavy atom. The maximum absolute atomic E-state index is 11.3. The molecule has 1 N–H and O–H groups in total. The van der Waals surface area contributed by atoms with E-state index in [1.807, 2.05) is 6.08 Å². The Morgan fingerprint density at radius 3 is 2.96 bits per heavy atom. The van der Waals surface area contributed by atoms with Gasteiger partial charge in [0.2, 0.25) is 0 Å². The molecule has 2 bridgehead atoms. The molecule has 3 aliphatic rings. The van der Waals surface area contributed by atoms with Gasteiger partial charge in [-0.3, -0.25) is 15.0 Å². The van der Waals surface area contributed by atoms with E-state index in [2.05, 4.69) is 16.5 Å². The molecule has 3 fully saturated rings. The summed E-state index contributed by atoms with van der Waals surface area (Å²) in [6, 6.07) is 6.73. The molecule has 5 atom stereocenters. The van der Waals surface area contributed by atoms with E-state index in [-0.39, 0.29) is 11.7 Å². The molecule has 2 aromatic rings. The molecule has 5 unspecified atom stereocenters. The third-order valence-electron chi connectivity index (χ3n) is 5.82. The van der Waals surface area contributed by atoms with Crippen molar-refractivity contribution in [3.05, 3.63) is 58.8 Å². The molecule has 0 saturated carbocycles. The number of nitrogens with zero attached hydrogens (tertiary/aromatic N) is 3. The summed E-state index contributed by atoms with van der Waals surface area (Å²) in [5, 5.41) is 23.0. The second kappa shape index (κ2) is 6.20. The summed E-state index contributed by atoms with van der Waals surface area (Å²) in [7, 11) is 0. The molecule has 3 saturated heterocycles. The van der Waals surface area contributed by atoms with E-state index in [1.165, 1.54) is 6.07 Å². The first kappa shape index (κ1) is 16.2. The zero-order valence-corrected chi connectivity index (χ0v) is 13.9. The average Bonchev–Trinajstić information content (AvgIpc) is 2.66. The smallest absolute Gasteiger partial charge is 0.295 e. The SMILES string of the molecule is C=CC1CN2CCC1CC2C(O)c1ccnc2c([N+](=O)[O-])cccc12. The van der Waals surface area contributed by atoms with Crippen molar-refractivity contribution in [2.45, 2.75) is 25.0 Å². The summed E-state index contributed by atoms with van der Waals surface area (Å²) in [5.41, 5.74) is 1.04. The second-order valence-electron chi connectivity index (χ2n) is 7.02. The molecule has 4 heterocycles. The quantitative estimate of drug-likeness (QED) is 0.526. The number of para-hydroxylation sites is 1. The lowest BCUT2D eigenvalue weighted by Gasteiger charge is -2.50. The van der Waals surface area contributed by atoms with Crippen LogP contribution in [0, 0.1) is 22.0 Å². The largest absolute Gasteiger partial charge is 0.387 e. The Kier molecular flexibility index (Phi) is 4.01. The number of non-ortho nitro benzene ring substituents is 1. The minimum atomic E-state index is -0.680. The van der Waals surface area contributed by atoms with Gasteiger partial charge in [-0.05, 0) is 42.9 Å². The number of nitro groups is 1. The van der Waals surface area contributed by atoms with Gasteiger partial charge in [-0.25, -0.2) is 4.98 Å². The minimum absolute atomic E-state index is 0.0243. The number of piperidine rings is 3. The Labute approximate surface area is 145 Å². The zero-order chi connectivity index (χ0) is 17.6. The fraction of sp³-hybridized carbons (Fsp3) is 0.421. The number of aromatic nitrogens is 1. The van der Waals surface area contributed by atoms with Gasteiger partial charge in [-0.15, -0.1) is 6.58 Å². The van der Waals surface area contributed by atoms with Crippen LogP contribution in [-0.2, 0) is 0 Å². The predicted molar refractivity (Wildman–Crippen MR) is 95.1 cm³/mol. The molecule has 6 nitrogen and oxygen atoms in total. The predicted octanol–water partition coefficient (Wildman–Crippen LogP) is 3.07. The highest BCUT2D eigenvalue weighted by molar-refractivity contribution is 5.89. The number of hydrogen-bond acceptors (Lipinski definition) is 5. The summed E-state index contributed by atoms with van der Waals surface area (Å²) in [6.45, 7) is 5.85. The van der Waals surface area contributed by atoms with E-state index >= 15 is 0 Å². The molecule has 0 radical (unpaired) electrons. The van der Waals surface area contributed by atoms with Crippen LogP contribution in [0.2, 0.25) is 0 Å². The van der Waals surface area contributed by atoms with Crippen LogP contribution < -0.4 is 0 Å². The molecule has 25 heavy (non-hydrogen) atoms. The number of aliphatic hydroxyl groups is 1. The molecule has 1 aromatic heterocycles. The van der Waals surface area contributed by atoms with Gasteiger partial charge in [-0.1, -0.05) is 18.2 Å². The van der Waals surface area contributed by atoms with Crippen molar-refractivity contribution in [2.75, 3.05) is 13.1 Å². The molecular formula is C19H21N3O3. The molecule has 0 aliphatic carbocycles. The number of aliphatic hydroxyl groups excluding tert-OH is 1.